The van der Waals surface area contributed by atoms with E-state index in [-0.39, 0.29) is 24.9 Å². The van der Waals surface area contributed by atoms with Crippen molar-refractivity contribution < 1.29 is 18.8 Å². The third-order valence-corrected chi connectivity index (χ3v) is 3.07. The number of ketones is 1. The highest BCUT2D eigenvalue weighted by molar-refractivity contribution is 5.81. The molecule has 3 rings (SSSR count). The van der Waals surface area contributed by atoms with Crippen molar-refractivity contribution in [3.63, 3.8) is 0 Å². The van der Waals surface area contributed by atoms with Crippen LogP contribution in [-0.2, 0) is 22.4 Å². The molecule has 0 saturated heterocycles. The minimum atomic E-state index is -0.248. The minimum Gasteiger partial charge on any atom is -0.482 e. The SMILES string of the molecule is COCC(=O)Cc1nc(C2Cc3ccccc3O2)no1. The number of benzene rings is 1. The predicted molar refractivity (Wildman–Crippen MR) is 68.4 cm³/mol. The highest BCUT2D eigenvalue weighted by Gasteiger charge is 2.28. The van der Waals surface area contributed by atoms with Crippen LogP contribution in [0.4, 0.5) is 0 Å². The molecule has 1 aliphatic heterocycles. The van der Waals surface area contributed by atoms with Crippen molar-refractivity contribution in [2.24, 2.45) is 0 Å². The molecule has 104 valence electrons. The average Bonchev–Trinajstić information content (AvgIpc) is 3.04. The van der Waals surface area contributed by atoms with Crippen molar-refractivity contribution in [3.8, 4) is 5.75 Å². The monoisotopic (exact) mass is 274 g/mol. The van der Waals surface area contributed by atoms with E-state index < -0.39 is 0 Å². The number of carbonyl (C=O) groups excluding carboxylic acids is 1. The zero-order chi connectivity index (χ0) is 13.9. The molecule has 1 atom stereocenters. The van der Waals surface area contributed by atoms with Gasteiger partial charge in [-0.15, -0.1) is 0 Å². The van der Waals surface area contributed by atoms with E-state index in [1.165, 1.54) is 7.11 Å². The number of carbonyl (C=O) groups is 1. The van der Waals surface area contributed by atoms with Crippen LogP contribution in [0.3, 0.4) is 0 Å². The van der Waals surface area contributed by atoms with E-state index in [0.717, 1.165) is 11.3 Å². The first-order chi connectivity index (χ1) is 9.76. The summed E-state index contributed by atoms with van der Waals surface area (Å²) >= 11 is 0. The fourth-order valence-corrected chi connectivity index (χ4v) is 2.18. The van der Waals surface area contributed by atoms with Gasteiger partial charge in [0.15, 0.2) is 11.9 Å². The summed E-state index contributed by atoms with van der Waals surface area (Å²) in [5, 5.41) is 3.89. The summed E-state index contributed by atoms with van der Waals surface area (Å²) < 4.78 is 15.6. The zero-order valence-electron chi connectivity index (χ0n) is 11.0. The summed E-state index contributed by atoms with van der Waals surface area (Å²) in [7, 11) is 1.47. The van der Waals surface area contributed by atoms with Gasteiger partial charge in [-0.25, -0.2) is 0 Å². The van der Waals surface area contributed by atoms with Crippen LogP contribution in [0.25, 0.3) is 0 Å². The molecule has 0 bridgehead atoms. The smallest absolute Gasteiger partial charge is 0.234 e. The maximum absolute atomic E-state index is 11.4. The molecule has 0 N–H and O–H groups in total. The molecular formula is C14H14N2O4. The summed E-state index contributed by atoms with van der Waals surface area (Å²) in [6, 6.07) is 7.82. The minimum absolute atomic E-state index is 0.0447. The fourth-order valence-electron chi connectivity index (χ4n) is 2.18. The van der Waals surface area contributed by atoms with Crippen LogP contribution in [0.1, 0.15) is 23.4 Å². The molecule has 0 fully saturated rings. The van der Waals surface area contributed by atoms with Gasteiger partial charge in [0.25, 0.3) is 0 Å². The van der Waals surface area contributed by atoms with Crippen molar-refractivity contribution in [3.05, 3.63) is 41.5 Å². The average molecular weight is 274 g/mol. The van der Waals surface area contributed by atoms with Gasteiger partial charge in [0.2, 0.25) is 11.7 Å². The predicted octanol–water partition coefficient (Wildman–Crippen LogP) is 1.50. The molecule has 0 saturated carbocycles. The summed E-state index contributed by atoms with van der Waals surface area (Å²) in [5.41, 5.74) is 1.12. The number of para-hydroxylation sites is 1. The molecule has 2 aromatic rings. The maximum Gasteiger partial charge on any atom is 0.234 e. The molecule has 1 aromatic carbocycles. The molecule has 0 aliphatic carbocycles. The topological polar surface area (TPSA) is 74.5 Å². The number of Topliss-reactive ketones (excluding diaryl/α,β-unsaturated/α-hetero) is 1. The highest BCUT2D eigenvalue weighted by Crippen LogP contribution is 2.35. The summed E-state index contributed by atoms with van der Waals surface area (Å²) in [5.74, 6) is 1.51. The number of hydrogen-bond donors (Lipinski definition) is 0. The first-order valence-corrected chi connectivity index (χ1v) is 6.34. The second-order valence-corrected chi connectivity index (χ2v) is 4.61. The Kier molecular flexibility index (Phi) is 3.47. The first-order valence-electron chi connectivity index (χ1n) is 6.34. The lowest BCUT2D eigenvalue weighted by Crippen LogP contribution is -2.10. The van der Waals surface area contributed by atoms with Crippen molar-refractivity contribution >= 4 is 5.78 Å². The molecule has 1 unspecified atom stereocenters. The Morgan fingerprint density at radius 2 is 2.30 bits per heavy atom. The lowest BCUT2D eigenvalue weighted by molar-refractivity contribution is -0.122. The fraction of sp³-hybridized carbons (Fsp3) is 0.357. The molecule has 2 heterocycles. The number of ether oxygens (including phenoxy) is 2. The van der Waals surface area contributed by atoms with Crippen molar-refractivity contribution in [2.45, 2.75) is 18.9 Å². The van der Waals surface area contributed by atoms with Crippen LogP contribution in [0.2, 0.25) is 0 Å². The third kappa shape index (κ3) is 2.55. The van der Waals surface area contributed by atoms with E-state index in [1.54, 1.807) is 0 Å². The largest absolute Gasteiger partial charge is 0.482 e. The standard InChI is InChI=1S/C14H14N2O4/c1-18-8-10(17)7-13-15-14(16-20-13)12-6-9-4-2-3-5-11(9)19-12/h2-5,12H,6-8H2,1H3. The molecular weight excluding hydrogens is 260 g/mol. The quantitative estimate of drug-likeness (QED) is 0.822. The Morgan fingerprint density at radius 1 is 1.45 bits per heavy atom. The summed E-state index contributed by atoms with van der Waals surface area (Å²) in [6.45, 7) is 0.0447. The molecule has 6 heteroatoms. The van der Waals surface area contributed by atoms with Crippen LogP contribution in [0.5, 0.6) is 5.75 Å². The van der Waals surface area contributed by atoms with Gasteiger partial charge in [-0.05, 0) is 11.6 Å². The highest BCUT2D eigenvalue weighted by atomic mass is 16.5. The molecule has 20 heavy (non-hydrogen) atoms. The second kappa shape index (κ2) is 5.42. The molecule has 1 aliphatic rings. The van der Waals surface area contributed by atoms with Crippen molar-refractivity contribution in [1.29, 1.82) is 0 Å². The van der Waals surface area contributed by atoms with Gasteiger partial charge in [-0.1, -0.05) is 23.4 Å². The number of methoxy groups -OCH3 is 1. The Bertz CT molecular complexity index is 598. The van der Waals surface area contributed by atoms with Crippen LogP contribution in [-0.4, -0.2) is 29.6 Å². The number of nitrogens with zero attached hydrogens (tertiary/aromatic N) is 2. The van der Waals surface area contributed by atoms with Crippen LogP contribution in [0.15, 0.2) is 28.8 Å². The molecule has 0 amide bonds. The van der Waals surface area contributed by atoms with Gasteiger partial charge in [-0.3, -0.25) is 4.79 Å². The Morgan fingerprint density at radius 3 is 3.10 bits per heavy atom. The second-order valence-electron chi connectivity index (χ2n) is 4.61. The normalized spacial score (nSPS) is 16.8. The lowest BCUT2D eigenvalue weighted by atomic mass is 10.1. The van der Waals surface area contributed by atoms with Crippen LogP contribution < -0.4 is 4.74 Å². The summed E-state index contributed by atoms with van der Waals surface area (Å²) in [6.07, 6.45) is 0.546. The van der Waals surface area contributed by atoms with Gasteiger partial charge < -0.3 is 14.0 Å². The number of rotatable bonds is 5. The van der Waals surface area contributed by atoms with Crippen LogP contribution >= 0.6 is 0 Å². The molecule has 0 spiro atoms. The summed E-state index contributed by atoms with van der Waals surface area (Å²) in [4.78, 5) is 15.7. The Labute approximate surface area is 115 Å². The van der Waals surface area contributed by atoms with E-state index in [1.807, 2.05) is 24.3 Å². The molecule has 6 nitrogen and oxygen atoms in total. The van der Waals surface area contributed by atoms with E-state index in [4.69, 9.17) is 14.0 Å². The van der Waals surface area contributed by atoms with E-state index in [0.29, 0.717) is 18.1 Å². The lowest BCUT2D eigenvalue weighted by Gasteiger charge is -2.04. The number of fused-ring (bicyclic) bond motifs is 1. The number of hydrogen-bond acceptors (Lipinski definition) is 6. The van der Waals surface area contributed by atoms with Gasteiger partial charge in [0, 0.05) is 13.5 Å². The third-order valence-electron chi connectivity index (χ3n) is 3.07. The van der Waals surface area contributed by atoms with E-state index in [9.17, 15) is 4.79 Å². The van der Waals surface area contributed by atoms with Gasteiger partial charge in [-0.2, -0.15) is 4.98 Å². The van der Waals surface area contributed by atoms with E-state index in [2.05, 4.69) is 10.1 Å². The van der Waals surface area contributed by atoms with Gasteiger partial charge in [0.1, 0.15) is 12.4 Å². The molecule has 1 aromatic heterocycles. The maximum atomic E-state index is 11.4. The zero-order valence-corrected chi connectivity index (χ0v) is 11.0. The number of aromatic nitrogens is 2. The van der Waals surface area contributed by atoms with Crippen LogP contribution in [0, 0.1) is 0 Å². The molecule has 0 radical (unpaired) electrons. The first kappa shape index (κ1) is 12.8. The van der Waals surface area contributed by atoms with E-state index >= 15 is 0 Å². The van der Waals surface area contributed by atoms with Crippen molar-refractivity contribution in [1.82, 2.24) is 10.1 Å². The van der Waals surface area contributed by atoms with Gasteiger partial charge in [0.05, 0.1) is 6.42 Å². The van der Waals surface area contributed by atoms with Gasteiger partial charge >= 0.3 is 0 Å². The Hall–Kier alpha value is -2.21. The Balaban J connectivity index is 1.68. The van der Waals surface area contributed by atoms with Crippen molar-refractivity contribution in [2.75, 3.05) is 13.7 Å².